The highest BCUT2D eigenvalue weighted by Gasteiger charge is 2.26. The Kier molecular flexibility index (Phi) is 4.71. The summed E-state index contributed by atoms with van der Waals surface area (Å²) in [6, 6.07) is 12.6. The number of Topliss-reactive ketones (excluding diaryl/α,β-unsaturated/α-hetero) is 1. The van der Waals surface area contributed by atoms with Crippen molar-refractivity contribution in [1.29, 1.82) is 5.26 Å². The van der Waals surface area contributed by atoms with Crippen LogP contribution in [0.3, 0.4) is 0 Å². The van der Waals surface area contributed by atoms with Crippen molar-refractivity contribution in [1.82, 2.24) is 0 Å². The second kappa shape index (κ2) is 6.51. The third-order valence-corrected chi connectivity index (χ3v) is 3.69. The highest BCUT2D eigenvalue weighted by atomic mass is 79.9. The van der Waals surface area contributed by atoms with E-state index in [2.05, 4.69) is 15.9 Å². The quantitative estimate of drug-likeness (QED) is 0.782. The molecule has 1 atom stereocenters. The minimum absolute atomic E-state index is 0.258. The summed E-state index contributed by atoms with van der Waals surface area (Å²) in [5, 5.41) is 9.36. The van der Waals surface area contributed by atoms with Gasteiger partial charge >= 0.3 is 0 Å². The van der Waals surface area contributed by atoms with Gasteiger partial charge in [-0.05, 0) is 40.2 Å². The van der Waals surface area contributed by atoms with Crippen LogP contribution in [-0.2, 0) is 0 Å². The highest BCUT2D eigenvalue weighted by molar-refractivity contribution is 9.10. The first kappa shape index (κ1) is 15.2. The summed E-state index contributed by atoms with van der Waals surface area (Å²) in [5.74, 6) is -1.41. The minimum Gasteiger partial charge on any atom is -0.496 e. The van der Waals surface area contributed by atoms with E-state index in [1.807, 2.05) is 6.07 Å². The number of carbonyl (C=O) groups excluding carboxylic acids is 1. The number of rotatable bonds is 4. The summed E-state index contributed by atoms with van der Waals surface area (Å²) >= 11 is 3.15. The Morgan fingerprint density at radius 2 is 2.05 bits per heavy atom. The Morgan fingerprint density at radius 3 is 2.67 bits per heavy atom. The molecule has 0 fully saturated rings. The summed E-state index contributed by atoms with van der Waals surface area (Å²) in [5.41, 5.74) is 0.748. The summed E-state index contributed by atoms with van der Waals surface area (Å²) in [4.78, 5) is 12.5. The molecule has 0 spiro atoms. The molecule has 5 heteroatoms. The van der Waals surface area contributed by atoms with Gasteiger partial charge in [0.15, 0.2) is 5.78 Å². The Balaban J connectivity index is 2.46. The van der Waals surface area contributed by atoms with Crippen LogP contribution in [0.1, 0.15) is 21.8 Å². The van der Waals surface area contributed by atoms with Crippen molar-refractivity contribution in [3.05, 3.63) is 63.9 Å². The van der Waals surface area contributed by atoms with Crippen molar-refractivity contribution in [3.63, 3.8) is 0 Å². The zero-order valence-electron chi connectivity index (χ0n) is 11.1. The maximum absolute atomic E-state index is 13.1. The molecular weight excluding hydrogens is 337 g/mol. The van der Waals surface area contributed by atoms with Crippen LogP contribution in [0.4, 0.5) is 4.39 Å². The van der Waals surface area contributed by atoms with E-state index in [4.69, 9.17) is 4.74 Å². The predicted molar refractivity (Wildman–Crippen MR) is 79.8 cm³/mol. The molecule has 2 aromatic carbocycles. The highest BCUT2D eigenvalue weighted by Crippen LogP contribution is 2.31. The van der Waals surface area contributed by atoms with Crippen LogP contribution in [0, 0.1) is 17.1 Å². The molecule has 0 aliphatic rings. The first-order valence-corrected chi connectivity index (χ1v) is 6.89. The van der Waals surface area contributed by atoms with Crippen LogP contribution in [-0.4, -0.2) is 12.9 Å². The van der Waals surface area contributed by atoms with Crippen molar-refractivity contribution in [2.75, 3.05) is 7.11 Å². The van der Waals surface area contributed by atoms with Gasteiger partial charge in [0.25, 0.3) is 0 Å². The van der Waals surface area contributed by atoms with E-state index in [0.29, 0.717) is 15.8 Å². The summed E-state index contributed by atoms with van der Waals surface area (Å²) in [6.45, 7) is 0. The second-order valence-electron chi connectivity index (χ2n) is 4.29. The molecule has 3 nitrogen and oxygen atoms in total. The maximum Gasteiger partial charge on any atom is 0.185 e. The molecule has 0 heterocycles. The number of hydrogen-bond acceptors (Lipinski definition) is 3. The van der Waals surface area contributed by atoms with Crippen molar-refractivity contribution in [2.45, 2.75) is 5.92 Å². The zero-order chi connectivity index (χ0) is 15.4. The van der Waals surface area contributed by atoms with Crippen LogP contribution in [0.2, 0.25) is 0 Å². The summed E-state index contributed by atoms with van der Waals surface area (Å²) < 4.78 is 18.6. The Hall–Kier alpha value is -2.19. The number of methoxy groups -OCH3 is 1. The van der Waals surface area contributed by atoms with Crippen LogP contribution >= 0.6 is 15.9 Å². The number of benzene rings is 2. The largest absolute Gasteiger partial charge is 0.496 e. The third-order valence-electron chi connectivity index (χ3n) is 3.04. The lowest BCUT2D eigenvalue weighted by molar-refractivity contribution is 0.0977. The molecule has 2 rings (SSSR count). The SMILES string of the molecule is COc1ccccc1C(C#N)C(=O)c1ccc(F)cc1Br. The zero-order valence-corrected chi connectivity index (χ0v) is 12.7. The molecule has 0 amide bonds. The number of ketones is 1. The van der Waals surface area contributed by atoms with Crippen molar-refractivity contribution in [3.8, 4) is 11.8 Å². The normalized spacial score (nSPS) is 11.5. The second-order valence-corrected chi connectivity index (χ2v) is 5.15. The molecule has 0 aliphatic carbocycles. The van der Waals surface area contributed by atoms with Crippen LogP contribution in [0.15, 0.2) is 46.9 Å². The number of ether oxygens (including phenoxy) is 1. The first-order chi connectivity index (χ1) is 10.1. The van der Waals surface area contributed by atoms with Gasteiger partial charge in [0.05, 0.1) is 13.2 Å². The fraction of sp³-hybridized carbons (Fsp3) is 0.125. The first-order valence-electron chi connectivity index (χ1n) is 6.10. The molecule has 0 aromatic heterocycles. The molecular formula is C16H11BrFNO2. The average Bonchev–Trinajstić information content (AvgIpc) is 2.48. The van der Waals surface area contributed by atoms with Gasteiger partial charge in [0, 0.05) is 15.6 Å². The fourth-order valence-corrected chi connectivity index (χ4v) is 2.57. The molecule has 106 valence electrons. The standard InChI is InChI=1S/C16H11BrFNO2/c1-21-15-5-3-2-4-11(15)13(9-19)16(20)12-7-6-10(18)8-14(12)17/h2-8,13H,1H3. The van der Waals surface area contributed by atoms with Gasteiger partial charge in [-0.3, -0.25) is 4.79 Å². The van der Waals surface area contributed by atoms with Gasteiger partial charge in [-0.2, -0.15) is 5.26 Å². The number of carbonyl (C=O) groups is 1. The van der Waals surface area contributed by atoms with Crippen molar-refractivity contribution >= 4 is 21.7 Å². The summed E-state index contributed by atoms with van der Waals surface area (Å²) in [6.07, 6.45) is 0. The molecule has 1 unspecified atom stereocenters. The topological polar surface area (TPSA) is 50.1 Å². The molecule has 0 N–H and O–H groups in total. The number of hydrogen-bond donors (Lipinski definition) is 0. The Labute approximate surface area is 130 Å². The predicted octanol–water partition coefficient (Wildman–Crippen LogP) is 4.09. The van der Waals surface area contributed by atoms with Crippen LogP contribution in [0.25, 0.3) is 0 Å². The van der Waals surface area contributed by atoms with Gasteiger partial charge in [0.1, 0.15) is 17.5 Å². The number of nitriles is 1. The smallest absolute Gasteiger partial charge is 0.185 e. The molecule has 0 saturated heterocycles. The van der Waals surface area contributed by atoms with Gasteiger partial charge < -0.3 is 4.74 Å². The van der Waals surface area contributed by atoms with Crippen molar-refractivity contribution in [2.24, 2.45) is 0 Å². The van der Waals surface area contributed by atoms with E-state index in [0.717, 1.165) is 0 Å². The number of para-hydroxylation sites is 1. The number of nitrogens with zero attached hydrogens (tertiary/aromatic N) is 1. The lowest BCUT2D eigenvalue weighted by atomic mass is 9.91. The van der Waals surface area contributed by atoms with Crippen LogP contribution < -0.4 is 4.74 Å². The lowest BCUT2D eigenvalue weighted by Crippen LogP contribution is -2.13. The van der Waals surface area contributed by atoms with Crippen molar-refractivity contribution < 1.29 is 13.9 Å². The molecule has 21 heavy (non-hydrogen) atoms. The van der Waals surface area contributed by atoms with E-state index in [1.165, 1.54) is 25.3 Å². The monoisotopic (exact) mass is 347 g/mol. The van der Waals surface area contributed by atoms with E-state index in [9.17, 15) is 14.4 Å². The average molecular weight is 348 g/mol. The van der Waals surface area contributed by atoms with E-state index >= 15 is 0 Å². The molecule has 2 aromatic rings. The van der Waals surface area contributed by atoms with E-state index < -0.39 is 17.5 Å². The van der Waals surface area contributed by atoms with Gasteiger partial charge in [-0.1, -0.05) is 18.2 Å². The molecule has 0 bridgehead atoms. The molecule has 0 aliphatic heterocycles. The third kappa shape index (κ3) is 3.11. The number of halogens is 2. The van der Waals surface area contributed by atoms with Crippen LogP contribution in [0.5, 0.6) is 5.75 Å². The summed E-state index contributed by atoms with van der Waals surface area (Å²) in [7, 11) is 1.48. The molecule has 0 radical (unpaired) electrons. The van der Waals surface area contributed by atoms with E-state index in [1.54, 1.807) is 24.3 Å². The van der Waals surface area contributed by atoms with Gasteiger partial charge in [-0.15, -0.1) is 0 Å². The van der Waals surface area contributed by atoms with Gasteiger partial charge in [-0.25, -0.2) is 4.39 Å². The Bertz CT molecular complexity index is 724. The minimum atomic E-state index is -1.01. The fourth-order valence-electron chi connectivity index (χ4n) is 2.02. The van der Waals surface area contributed by atoms with E-state index in [-0.39, 0.29) is 5.56 Å². The Morgan fingerprint density at radius 1 is 1.33 bits per heavy atom. The lowest BCUT2D eigenvalue weighted by Gasteiger charge is -2.13. The van der Waals surface area contributed by atoms with Gasteiger partial charge in [0.2, 0.25) is 0 Å². The maximum atomic E-state index is 13.1. The molecule has 0 saturated carbocycles.